The van der Waals surface area contributed by atoms with E-state index < -0.39 is 0 Å². The topological polar surface area (TPSA) is 24.1 Å². The number of hydrogen-bond donors (Lipinski definition) is 2. The molecule has 23 heavy (non-hydrogen) atoms. The molecule has 2 N–H and O–H groups in total. The minimum Gasteiger partial charge on any atom is -0.359 e. The molecule has 4 aliphatic carbocycles. The zero-order chi connectivity index (χ0) is 16.0. The number of thiocarbonyl (C=S) groups is 1. The fourth-order valence-electron chi connectivity index (χ4n) is 5.86. The van der Waals surface area contributed by atoms with Gasteiger partial charge in [-0.3, -0.25) is 0 Å². The van der Waals surface area contributed by atoms with E-state index in [0.29, 0.717) is 11.5 Å². The number of benzene rings is 1. The van der Waals surface area contributed by atoms with Crippen molar-refractivity contribution in [3.8, 4) is 0 Å². The molecule has 4 fully saturated rings. The van der Waals surface area contributed by atoms with Crippen LogP contribution in [0, 0.1) is 30.1 Å². The summed E-state index contributed by atoms with van der Waals surface area (Å²) in [4.78, 5) is 0. The highest BCUT2D eigenvalue weighted by Crippen LogP contribution is 2.61. The Balaban J connectivity index is 1.40. The Kier molecular flexibility index (Phi) is 3.87. The lowest BCUT2D eigenvalue weighted by atomic mass is 9.48. The maximum Gasteiger partial charge on any atom is 0.171 e. The molecule has 0 saturated heterocycles. The molecule has 0 amide bonds. The van der Waals surface area contributed by atoms with Gasteiger partial charge in [0, 0.05) is 11.7 Å². The summed E-state index contributed by atoms with van der Waals surface area (Å²) in [6.45, 7) is 4.46. The average molecular weight is 329 g/mol. The van der Waals surface area contributed by atoms with E-state index in [0.717, 1.165) is 28.6 Å². The number of nitrogens with one attached hydrogen (secondary N) is 2. The zero-order valence-electron chi connectivity index (χ0n) is 14.3. The lowest BCUT2D eigenvalue weighted by Crippen LogP contribution is -2.56. The Morgan fingerprint density at radius 1 is 1.04 bits per heavy atom. The first-order chi connectivity index (χ1) is 11.0. The highest BCUT2D eigenvalue weighted by Gasteiger charge is 2.53. The number of anilines is 1. The quantitative estimate of drug-likeness (QED) is 0.773. The molecule has 1 unspecified atom stereocenters. The van der Waals surface area contributed by atoms with E-state index in [-0.39, 0.29) is 0 Å². The van der Waals surface area contributed by atoms with Crippen LogP contribution in [0.2, 0.25) is 0 Å². The first-order valence-corrected chi connectivity index (χ1v) is 9.57. The molecule has 124 valence electrons. The van der Waals surface area contributed by atoms with Crippen molar-refractivity contribution in [1.82, 2.24) is 5.32 Å². The summed E-state index contributed by atoms with van der Waals surface area (Å²) < 4.78 is 0. The van der Waals surface area contributed by atoms with E-state index in [4.69, 9.17) is 12.2 Å². The summed E-state index contributed by atoms with van der Waals surface area (Å²) in [5, 5.41) is 7.75. The normalized spacial score (nSPS) is 35.8. The molecule has 1 atom stereocenters. The highest BCUT2D eigenvalue weighted by molar-refractivity contribution is 7.80. The van der Waals surface area contributed by atoms with Gasteiger partial charge in [-0.1, -0.05) is 17.7 Å². The summed E-state index contributed by atoms with van der Waals surface area (Å²) >= 11 is 5.58. The summed E-state index contributed by atoms with van der Waals surface area (Å²) in [7, 11) is 0. The van der Waals surface area contributed by atoms with Gasteiger partial charge in [0.2, 0.25) is 0 Å². The van der Waals surface area contributed by atoms with Gasteiger partial charge in [0.15, 0.2) is 5.11 Å². The summed E-state index contributed by atoms with van der Waals surface area (Å²) in [6, 6.07) is 8.90. The van der Waals surface area contributed by atoms with Crippen molar-refractivity contribution in [3.63, 3.8) is 0 Å². The van der Waals surface area contributed by atoms with Crippen LogP contribution in [-0.4, -0.2) is 11.2 Å². The molecular formula is C20H28N2S. The maximum absolute atomic E-state index is 5.58. The molecule has 4 saturated carbocycles. The second-order valence-corrected chi connectivity index (χ2v) is 8.87. The standard InChI is InChI=1S/C20H28N2S/c1-13-3-5-18(6-4-13)22-19(23)21-14(2)20-10-15-7-16(11-20)9-17(8-15)12-20/h3-6,14-17H,7-12H2,1-2H3,(H2,21,22,23). The summed E-state index contributed by atoms with van der Waals surface area (Å²) in [5.41, 5.74) is 2.84. The lowest BCUT2D eigenvalue weighted by Gasteiger charge is -2.59. The van der Waals surface area contributed by atoms with E-state index in [1.165, 1.54) is 44.1 Å². The largest absolute Gasteiger partial charge is 0.359 e. The Labute approximate surface area is 145 Å². The van der Waals surface area contributed by atoms with Gasteiger partial charge >= 0.3 is 0 Å². The van der Waals surface area contributed by atoms with Crippen molar-refractivity contribution in [2.75, 3.05) is 5.32 Å². The zero-order valence-corrected chi connectivity index (χ0v) is 15.1. The van der Waals surface area contributed by atoms with Crippen molar-refractivity contribution >= 4 is 23.0 Å². The number of hydrogen-bond acceptors (Lipinski definition) is 1. The molecule has 1 aromatic carbocycles. The van der Waals surface area contributed by atoms with Crippen LogP contribution >= 0.6 is 12.2 Å². The predicted molar refractivity (Wildman–Crippen MR) is 101 cm³/mol. The Hall–Kier alpha value is -1.09. The third-order valence-corrected chi connectivity index (χ3v) is 6.88. The van der Waals surface area contributed by atoms with Crippen LogP contribution in [0.1, 0.15) is 51.0 Å². The first kappa shape index (κ1) is 15.4. The lowest BCUT2D eigenvalue weighted by molar-refractivity contribution is -0.0671. The molecule has 0 radical (unpaired) electrons. The van der Waals surface area contributed by atoms with Crippen molar-refractivity contribution in [2.45, 2.75) is 58.4 Å². The first-order valence-electron chi connectivity index (χ1n) is 9.17. The van der Waals surface area contributed by atoms with Gasteiger partial charge in [-0.2, -0.15) is 0 Å². The Morgan fingerprint density at radius 3 is 2.09 bits per heavy atom. The number of rotatable bonds is 3. The molecule has 1 aromatic rings. The smallest absolute Gasteiger partial charge is 0.171 e. The van der Waals surface area contributed by atoms with Crippen molar-refractivity contribution < 1.29 is 0 Å². The van der Waals surface area contributed by atoms with E-state index in [2.05, 4.69) is 48.7 Å². The molecule has 0 aromatic heterocycles. The SMILES string of the molecule is Cc1ccc(NC(=S)NC(C)C23CC4CC(CC(C4)C2)C3)cc1. The molecule has 2 nitrogen and oxygen atoms in total. The van der Waals surface area contributed by atoms with E-state index in [1.807, 2.05) is 0 Å². The minimum atomic E-state index is 0.473. The van der Waals surface area contributed by atoms with Crippen LogP contribution < -0.4 is 10.6 Å². The fourth-order valence-corrected chi connectivity index (χ4v) is 6.16. The molecule has 3 heteroatoms. The monoisotopic (exact) mass is 328 g/mol. The van der Waals surface area contributed by atoms with Gasteiger partial charge in [0.1, 0.15) is 0 Å². The predicted octanol–water partition coefficient (Wildman–Crippen LogP) is 4.89. The highest BCUT2D eigenvalue weighted by atomic mass is 32.1. The van der Waals surface area contributed by atoms with E-state index >= 15 is 0 Å². The summed E-state index contributed by atoms with van der Waals surface area (Å²) in [5.74, 6) is 2.97. The van der Waals surface area contributed by atoms with Gasteiger partial charge in [0.05, 0.1) is 0 Å². The Bertz CT molecular complexity index is 557. The maximum atomic E-state index is 5.58. The van der Waals surface area contributed by atoms with Crippen LogP contribution in [-0.2, 0) is 0 Å². The second-order valence-electron chi connectivity index (χ2n) is 8.47. The van der Waals surface area contributed by atoms with Crippen LogP contribution in [0.5, 0.6) is 0 Å². The summed E-state index contributed by atoms with van der Waals surface area (Å²) in [6.07, 6.45) is 8.75. The van der Waals surface area contributed by atoms with Gasteiger partial charge in [-0.05, 0) is 99.9 Å². The molecule has 0 heterocycles. The van der Waals surface area contributed by atoms with Crippen LogP contribution in [0.4, 0.5) is 5.69 Å². The van der Waals surface area contributed by atoms with Gasteiger partial charge in [-0.25, -0.2) is 0 Å². The van der Waals surface area contributed by atoms with Crippen LogP contribution in [0.25, 0.3) is 0 Å². The van der Waals surface area contributed by atoms with E-state index in [9.17, 15) is 0 Å². The molecule has 0 aliphatic heterocycles. The molecule has 4 aliphatic rings. The molecule has 0 spiro atoms. The molecule has 5 rings (SSSR count). The minimum absolute atomic E-state index is 0.473. The van der Waals surface area contributed by atoms with Crippen LogP contribution in [0.15, 0.2) is 24.3 Å². The van der Waals surface area contributed by atoms with Crippen LogP contribution in [0.3, 0.4) is 0 Å². The van der Waals surface area contributed by atoms with E-state index in [1.54, 1.807) is 0 Å². The Morgan fingerprint density at radius 2 is 1.57 bits per heavy atom. The number of aryl methyl sites for hydroxylation is 1. The average Bonchev–Trinajstić information content (AvgIpc) is 2.48. The second kappa shape index (κ2) is 5.77. The third kappa shape index (κ3) is 3.00. The van der Waals surface area contributed by atoms with Gasteiger partial charge < -0.3 is 10.6 Å². The fraction of sp³-hybridized carbons (Fsp3) is 0.650. The van der Waals surface area contributed by atoms with Crippen molar-refractivity contribution in [2.24, 2.45) is 23.2 Å². The molecule has 4 bridgehead atoms. The van der Waals surface area contributed by atoms with Gasteiger partial charge in [0.25, 0.3) is 0 Å². The van der Waals surface area contributed by atoms with Crippen molar-refractivity contribution in [3.05, 3.63) is 29.8 Å². The van der Waals surface area contributed by atoms with Crippen molar-refractivity contribution in [1.29, 1.82) is 0 Å². The van der Waals surface area contributed by atoms with Gasteiger partial charge in [-0.15, -0.1) is 0 Å². The third-order valence-electron chi connectivity index (χ3n) is 6.66. The molecular weight excluding hydrogens is 300 g/mol.